The summed E-state index contributed by atoms with van der Waals surface area (Å²) in [6, 6.07) is 5.94. The first kappa shape index (κ1) is 10.7. The van der Waals surface area contributed by atoms with Crippen LogP contribution < -0.4 is 5.32 Å². The Kier molecular flexibility index (Phi) is 3.19. The van der Waals surface area contributed by atoms with E-state index in [-0.39, 0.29) is 0 Å². The predicted molar refractivity (Wildman–Crippen MR) is 65.3 cm³/mol. The molecule has 0 bridgehead atoms. The molecule has 0 spiro atoms. The number of hydrogen-bond acceptors (Lipinski definition) is 3. The molecule has 0 saturated carbocycles. The maximum absolute atomic E-state index is 4.40. The maximum atomic E-state index is 4.40. The van der Waals surface area contributed by atoms with Crippen molar-refractivity contribution >= 4 is 5.82 Å². The standard InChI is InChI=1S/C12H16N4/c1-3-6-14-12-8-11(15-9(2)16-12)10-5-4-7-13-10/h4-5,7-8,13H,3,6H2,1-2H3,(H,14,15,16). The number of nitrogens with zero attached hydrogens (tertiary/aromatic N) is 2. The van der Waals surface area contributed by atoms with Crippen molar-refractivity contribution in [2.45, 2.75) is 20.3 Å². The number of rotatable bonds is 4. The third-order valence-corrected chi connectivity index (χ3v) is 2.27. The molecule has 2 rings (SSSR count). The highest BCUT2D eigenvalue weighted by molar-refractivity contribution is 5.58. The Hall–Kier alpha value is -1.84. The summed E-state index contributed by atoms with van der Waals surface area (Å²) < 4.78 is 0. The van der Waals surface area contributed by atoms with Crippen molar-refractivity contribution in [1.29, 1.82) is 0 Å². The normalized spacial score (nSPS) is 10.4. The molecule has 0 amide bonds. The van der Waals surface area contributed by atoms with Crippen molar-refractivity contribution in [1.82, 2.24) is 15.0 Å². The molecule has 0 radical (unpaired) electrons. The van der Waals surface area contributed by atoms with Gasteiger partial charge in [0.1, 0.15) is 11.6 Å². The van der Waals surface area contributed by atoms with Crippen LogP contribution in [0.1, 0.15) is 19.2 Å². The van der Waals surface area contributed by atoms with Crippen LogP contribution in [0.3, 0.4) is 0 Å². The highest BCUT2D eigenvalue weighted by Crippen LogP contribution is 2.17. The lowest BCUT2D eigenvalue weighted by atomic mass is 10.3. The van der Waals surface area contributed by atoms with Gasteiger partial charge in [0.15, 0.2) is 0 Å². The Morgan fingerprint density at radius 3 is 2.94 bits per heavy atom. The summed E-state index contributed by atoms with van der Waals surface area (Å²) in [5.41, 5.74) is 1.95. The number of aromatic amines is 1. The summed E-state index contributed by atoms with van der Waals surface area (Å²) in [5.74, 6) is 1.67. The lowest BCUT2D eigenvalue weighted by molar-refractivity contribution is 0.954. The number of hydrogen-bond donors (Lipinski definition) is 2. The van der Waals surface area contributed by atoms with Crippen molar-refractivity contribution in [2.75, 3.05) is 11.9 Å². The zero-order chi connectivity index (χ0) is 11.4. The molecule has 84 valence electrons. The van der Waals surface area contributed by atoms with E-state index in [1.807, 2.05) is 31.3 Å². The molecule has 0 aliphatic rings. The average molecular weight is 216 g/mol. The molecule has 0 aromatic carbocycles. The molecule has 2 heterocycles. The first-order valence-electron chi connectivity index (χ1n) is 5.53. The molecule has 0 aliphatic heterocycles. The van der Waals surface area contributed by atoms with Gasteiger partial charge in [-0.1, -0.05) is 6.92 Å². The topological polar surface area (TPSA) is 53.6 Å². The second-order valence-electron chi connectivity index (χ2n) is 3.70. The molecule has 2 aromatic rings. The third-order valence-electron chi connectivity index (χ3n) is 2.27. The lowest BCUT2D eigenvalue weighted by Gasteiger charge is -2.06. The van der Waals surface area contributed by atoms with Crippen molar-refractivity contribution < 1.29 is 0 Å². The number of nitrogens with one attached hydrogen (secondary N) is 2. The van der Waals surface area contributed by atoms with E-state index in [1.165, 1.54) is 0 Å². The van der Waals surface area contributed by atoms with Crippen LogP contribution in [-0.2, 0) is 0 Å². The van der Waals surface area contributed by atoms with Crippen LogP contribution in [0.4, 0.5) is 5.82 Å². The van der Waals surface area contributed by atoms with Crippen LogP contribution in [-0.4, -0.2) is 21.5 Å². The van der Waals surface area contributed by atoms with Gasteiger partial charge >= 0.3 is 0 Å². The zero-order valence-corrected chi connectivity index (χ0v) is 9.62. The summed E-state index contributed by atoms with van der Waals surface area (Å²) in [4.78, 5) is 11.9. The second kappa shape index (κ2) is 4.79. The minimum absolute atomic E-state index is 0.783. The van der Waals surface area contributed by atoms with E-state index in [1.54, 1.807) is 0 Å². The van der Waals surface area contributed by atoms with Crippen molar-refractivity contribution in [2.24, 2.45) is 0 Å². The van der Waals surface area contributed by atoms with Gasteiger partial charge in [0, 0.05) is 18.8 Å². The van der Waals surface area contributed by atoms with E-state index in [2.05, 4.69) is 27.2 Å². The minimum Gasteiger partial charge on any atom is -0.370 e. The van der Waals surface area contributed by atoms with Gasteiger partial charge in [0.05, 0.1) is 11.4 Å². The Morgan fingerprint density at radius 1 is 1.38 bits per heavy atom. The Morgan fingerprint density at radius 2 is 2.25 bits per heavy atom. The van der Waals surface area contributed by atoms with Gasteiger partial charge in [-0.25, -0.2) is 9.97 Å². The van der Waals surface area contributed by atoms with Gasteiger partial charge in [0.25, 0.3) is 0 Å². The van der Waals surface area contributed by atoms with E-state index >= 15 is 0 Å². The number of aryl methyl sites for hydroxylation is 1. The van der Waals surface area contributed by atoms with Crippen LogP contribution in [0.2, 0.25) is 0 Å². The summed E-state index contributed by atoms with van der Waals surface area (Å²) in [7, 11) is 0. The highest BCUT2D eigenvalue weighted by Gasteiger charge is 2.04. The molecule has 2 N–H and O–H groups in total. The molecule has 0 saturated heterocycles. The smallest absolute Gasteiger partial charge is 0.130 e. The van der Waals surface area contributed by atoms with E-state index in [0.717, 1.165) is 36.0 Å². The van der Waals surface area contributed by atoms with Gasteiger partial charge in [-0.15, -0.1) is 0 Å². The molecule has 0 unspecified atom stereocenters. The van der Waals surface area contributed by atoms with Gasteiger partial charge in [-0.3, -0.25) is 0 Å². The first-order valence-corrected chi connectivity index (χ1v) is 5.53. The van der Waals surface area contributed by atoms with Crippen LogP contribution in [0.15, 0.2) is 24.4 Å². The molecule has 0 atom stereocenters. The Labute approximate surface area is 95.1 Å². The fourth-order valence-corrected chi connectivity index (χ4v) is 1.54. The van der Waals surface area contributed by atoms with Crippen molar-refractivity contribution in [3.63, 3.8) is 0 Å². The molecule has 0 fully saturated rings. The van der Waals surface area contributed by atoms with Crippen LogP contribution in [0, 0.1) is 6.92 Å². The zero-order valence-electron chi connectivity index (χ0n) is 9.62. The van der Waals surface area contributed by atoms with Crippen LogP contribution in [0.5, 0.6) is 0 Å². The molecular weight excluding hydrogens is 200 g/mol. The summed E-state index contributed by atoms with van der Waals surface area (Å²) in [6.07, 6.45) is 2.98. The quantitative estimate of drug-likeness (QED) is 0.826. The predicted octanol–water partition coefficient (Wildman–Crippen LogP) is 2.60. The monoisotopic (exact) mass is 216 g/mol. The SMILES string of the molecule is CCCNc1cc(-c2ccc[nH]2)nc(C)n1. The number of H-pyrrole nitrogens is 1. The van der Waals surface area contributed by atoms with E-state index in [0.29, 0.717) is 0 Å². The highest BCUT2D eigenvalue weighted by atomic mass is 15.0. The first-order chi connectivity index (χ1) is 7.79. The van der Waals surface area contributed by atoms with Crippen LogP contribution >= 0.6 is 0 Å². The molecule has 4 heteroatoms. The average Bonchev–Trinajstić information content (AvgIpc) is 2.79. The van der Waals surface area contributed by atoms with Gasteiger partial charge < -0.3 is 10.3 Å². The summed E-state index contributed by atoms with van der Waals surface area (Å²) in [5, 5.41) is 3.27. The molecule has 4 nitrogen and oxygen atoms in total. The van der Waals surface area contributed by atoms with Crippen LogP contribution in [0.25, 0.3) is 11.4 Å². The minimum atomic E-state index is 0.783. The van der Waals surface area contributed by atoms with E-state index in [4.69, 9.17) is 0 Å². The van der Waals surface area contributed by atoms with Gasteiger partial charge in [0.2, 0.25) is 0 Å². The summed E-state index contributed by atoms with van der Waals surface area (Å²) in [6.45, 7) is 4.97. The van der Waals surface area contributed by atoms with Gasteiger partial charge in [-0.2, -0.15) is 0 Å². The van der Waals surface area contributed by atoms with E-state index in [9.17, 15) is 0 Å². The molecule has 2 aromatic heterocycles. The maximum Gasteiger partial charge on any atom is 0.130 e. The molecule has 16 heavy (non-hydrogen) atoms. The number of anilines is 1. The largest absolute Gasteiger partial charge is 0.370 e. The molecular formula is C12H16N4. The fourth-order valence-electron chi connectivity index (χ4n) is 1.54. The lowest BCUT2D eigenvalue weighted by Crippen LogP contribution is -2.04. The van der Waals surface area contributed by atoms with Gasteiger partial charge in [-0.05, 0) is 25.5 Å². The van der Waals surface area contributed by atoms with E-state index < -0.39 is 0 Å². The Bertz CT molecular complexity index is 448. The molecule has 0 aliphatic carbocycles. The van der Waals surface area contributed by atoms with Crippen molar-refractivity contribution in [3.8, 4) is 11.4 Å². The number of aromatic nitrogens is 3. The summed E-state index contributed by atoms with van der Waals surface area (Å²) >= 11 is 0. The second-order valence-corrected chi connectivity index (χ2v) is 3.70. The fraction of sp³-hybridized carbons (Fsp3) is 0.333. The van der Waals surface area contributed by atoms with Crippen molar-refractivity contribution in [3.05, 3.63) is 30.2 Å². The third kappa shape index (κ3) is 2.39. The Balaban J connectivity index is 2.29.